The third kappa shape index (κ3) is 2.63. The molecule has 0 saturated heterocycles. The number of para-hydroxylation sites is 1. The van der Waals surface area contributed by atoms with E-state index in [1.165, 1.54) is 9.47 Å². The van der Waals surface area contributed by atoms with Crippen molar-refractivity contribution in [3.63, 3.8) is 0 Å². The van der Waals surface area contributed by atoms with Gasteiger partial charge in [0.25, 0.3) is 5.56 Å². The molecule has 1 aliphatic rings. The number of benzene rings is 2. The van der Waals surface area contributed by atoms with Crippen LogP contribution in [-0.4, -0.2) is 26.2 Å². The Balaban J connectivity index is 1.92. The van der Waals surface area contributed by atoms with Crippen LogP contribution < -0.4 is 5.56 Å². The van der Waals surface area contributed by atoms with E-state index in [0.29, 0.717) is 16.6 Å². The maximum Gasteiger partial charge on any atom is 0.263 e. The van der Waals surface area contributed by atoms with Crippen molar-refractivity contribution in [3.8, 4) is 11.9 Å². The van der Waals surface area contributed by atoms with E-state index in [1.54, 1.807) is 31.3 Å². The molecule has 0 amide bonds. The SMILES string of the molecule is Cn1c(=O)c(C2=NC(=N)N(C#N)[C@@H](c3ccccc3)C2)c(O)c2ccccc21. The summed E-state index contributed by atoms with van der Waals surface area (Å²) in [5, 5.41) is 29.0. The molecule has 7 heteroatoms. The Morgan fingerprint density at radius 3 is 2.57 bits per heavy atom. The van der Waals surface area contributed by atoms with Crippen LogP contribution in [0, 0.1) is 16.9 Å². The van der Waals surface area contributed by atoms with E-state index in [4.69, 9.17) is 5.41 Å². The summed E-state index contributed by atoms with van der Waals surface area (Å²) in [5.41, 5.74) is 1.43. The summed E-state index contributed by atoms with van der Waals surface area (Å²) in [6, 6.07) is 15.9. The molecular formula is C21H17N5O2. The molecule has 2 aromatic carbocycles. The highest BCUT2D eigenvalue weighted by Gasteiger charge is 2.32. The first-order valence-corrected chi connectivity index (χ1v) is 8.74. The zero-order chi connectivity index (χ0) is 19.8. The predicted octanol–water partition coefficient (Wildman–Crippen LogP) is 2.90. The number of aryl methyl sites for hydroxylation is 1. The molecule has 2 heterocycles. The van der Waals surface area contributed by atoms with E-state index in [1.807, 2.05) is 36.5 Å². The Bertz CT molecular complexity index is 1220. The number of fused-ring (bicyclic) bond motifs is 1. The summed E-state index contributed by atoms with van der Waals surface area (Å²) in [4.78, 5) is 18.4. The molecule has 0 aliphatic carbocycles. The molecule has 1 aliphatic heterocycles. The first-order chi connectivity index (χ1) is 13.5. The minimum absolute atomic E-state index is 0.0736. The number of aromatic nitrogens is 1. The Hall–Kier alpha value is -3.92. The van der Waals surface area contributed by atoms with Crippen LogP contribution in [0.5, 0.6) is 5.75 Å². The van der Waals surface area contributed by atoms with E-state index in [0.717, 1.165) is 5.56 Å². The van der Waals surface area contributed by atoms with Gasteiger partial charge in [0.2, 0.25) is 5.96 Å². The van der Waals surface area contributed by atoms with Gasteiger partial charge in [0.15, 0.2) is 6.19 Å². The molecule has 138 valence electrons. The van der Waals surface area contributed by atoms with Gasteiger partial charge in [0.05, 0.1) is 17.3 Å². The Labute approximate surface area is 160 Å². The minimum Gasteiger partial charge on any atom is -0.506 e. The molecule has 1 aromatic heterocycles. The lowest BCUT2D eigenvalue weighted by Crippen LogP contribution is -2.37. The number of aliphatic imine (C=N–C) groups is 1. The lowest BCUT2D eigenvalue weighted by atomic mass is 9.94. The van der Waals surface area contributed by atoms with Gasteiger partial charge in [-0.3, -0.25) is 10.2 Å². The molecule has 0 spiro atoms. The maximum absolute atomic E-state index is 13.0. The van der Waals surface area contributed by atoms with Gasteiger partial charge in [-0.05, 0) is 17.7 Å². The van der Waals surface area contributed by atoms with Crippen LogP contribution in [0.25, 0.3) is 10.9 Å². The van der Waals surface area contributed by atoms with Crippen molar-refractivity contribution in [1.29, 1.82) is 10.7 Å². The zero-order valence-electron chi connectivity index (χ0n) is 15.1. The largest absolute Gasteiger partial charge is 0.506 e. The van der Waals surface area contributed by atoms with Crippen LogP contribution in [0.15, 0.2) is 64.4 Å². The number of nitrogens with zero attached hydrogens (tertiary/aromatic N) is 4. The molecule has 4 rings (SSSR count). The molecular weight excluding hydrogens is 354 g/mol. The first-order valence-electron chi connectivity index (χ1n) is 8.74. The van der Waals surface area contributed by atoms with E-state index in [9.17, 15) is 15.2 Å². The standard InChI is InChI=1S/C21H17N5O2/c1-25-16-10-6-5-9-14(16)19(27)18(20(25)28)15-11-17(13-7-3-2-4-8-13)26(12-22)21(23)24-15/h2-10,17,23,27H,11H2,1H3/t17-/m1/s1. The Kier molecular flexibility index (Phi) is 4.17. The second-order valence-electron chi connectivity index (χ2n) is 6.59. The van der Waals surface area contributed by atoms with Gasteiger partial charge in [-0.1, -0.05) is 42.5 Å². The quantitative estimate of drug-likeness (QED) is 0.676. The summed E-state index contributed by atoms with van der Waals surface area (Å²) in [6.07, 6.45) is 2.22. The Morgan fingerprint density at radius 2 is 1.86 bits per heavy atom. The normalized spacial score (nSPS) is 16.7. The number of guanidine groups is 1. The summed E-state index contributed by atoms with van der Waals surface area (Å²) in [6.45, 7) is 0. The fraction of sp³-hybridized carbons (Fsp3) is 0.143. The van der Waals surface area contributed by atoms with Gasteiger partial charge >= 0.3 is 0 Å². The number of pyridine rings is 1. The van der Waals surface area contributed by atoms with E-state index in [-0.39, 0.29) is 29.3 Å². The fourth-order valence-corrected chi connectivity index (χ4v) is 3.61. The van der Waals surface area contributed by atoms with Crippen molar-refractivity contribution in [2.75, 3.05) is 0 Å². The summed E-state index contributed by atoms with van der Waals surface area (Å²) >= 11 is 0. The van der Waals surface area contributed by atoms with Crippen molar-refractivity contribution >= 4 is 22.6 Å². The molecule has 0 fully saturated rings. The second-order valence-corrected chi connectivity index (χ2v) is 6.59. The first kappa shape index (κ1) is 17.5. The smallest absolute Gasteiger partial charge is 0.263 e. The number of nitrogens with one attached hydrogen (secondary N) is 1. The van der Waals surface area contributed by atoms with Crippen molar-refractivity contribution in [3.05, 3.63) is 76.1 Å². The number of rotatable bonds is 2. The van der Waals surface area contributed by atoms with Crippen molar-refractivity contribution in [2.45, 2.75) is 12.5 Å². The van der Waals surface area contributed by atoms with Crippen LogP contribution in [0.3, 0.4) is 0 Å². The predicted molar refractivity (Wildman–Crippen MR) is 106 cm³/mol. The van der Waals surface area contributed by atoms with E-state index >= 15 is 0 Å². The van der Waals surface area contributed by atoms with Crippen LogP contribution in [0.4, 0.5) is 0 Å². The zero-order valence-corrected chi connectivity index (χ0v) is 15.1. The third-order valence-corrected chi connectivity index (χ3v) is 5.02. The summed E-state index contributed by atoms with van der Waals surface area (Å²) in [5.74, 6) is -0.408. The molecule has 0 radical (unpaired) electrons. The minimum atomic E-state index is -0.471. The van der Waals surface area contributed by atoms with Crippen LogP contribution in [0.1, 0.15) is 23.6 Å². The molecule has 0 saturated carbocycles. The molecule has 0 bridgehead atoms. The highest BCUT2D eigenvalue weighted by Crippen LogP contribution is 2.33. The Morgan fingerprint density at radius 1 is 1.18 bits per heavy atom. The van der Waals surface area contributed by atoms with E-state index in [2.05, 4.69) is 4.99 Å². The van der Waals surface area contributed by atoms with Crippen LogP contribution in [0.2, 0.25) is 0 Å². The molecule has 0 unspecified atom stereocenters. The maximum atomic E-state index is 13.0. The van der Waals surface area contributed by atoms with Gasteiger partial charge in [0.1, 0.15) is 11.3 Å². The molecule has 1 atom stereocenters. The van der Waals surface area contributed by atoms with Crippen LogP contribution in [-0.2, 0) is 7.05 Å². The number of hydrogen-bond donors (Lipinski definition) is 2. The summed E-state index contributed by atoms with van der Waals surface area (Å²) < 4.78 is 1.46. The number of aromatic hydroxyl groups is 1. The number of nitriles is 1. The molecule has 2 N–H and O–H groups in total. The fourth-order valence-electron chi connectivity index (χ4n) is 3.61. The van der Waals surface area contributed by atoms with Crippen molar-refractivity contribution in [2.24, 2.45) is 12.0 Å². The lowest BCUT2D eigenvalue weighted by Gasteiger charge is -2.30. The van der Waals surface area contributed by atoms with Crippen molar-refractivity contribution in [1.82, 2.24) is 9.47 Å². The van der Waals surface area contributed by atoms with Gasteiger partial charge in [-0.25, -0.2) is 9.89 Å². The van der Waals surface area contributed by atoms with E-state index < -0.39 is 6.04 Å². The molecule has 28 heavy (non-hydrogen) atoms. The van der Waals surface area contributed by atoms with Gasteiger partial charge < -0.3 is 9.67 Å². The second kappa shape index (κ2) is 6.67. The van der Waals surface area contributed by atoms with Gasteiger partial charge in [0, 0.05) is 18.9 Å². The lowest BCUT2D eigenvalue weighted by molar-refractivity contribution is 0.420. The molecule has 3 aromatic rings. The summed E-state index contributed by atoms with van der Waals surface area (Å²) in [7, 11) is 1.64. The highest BCUT2D eigenvalue weighted by atomic mass is 16.3. The van der Waals surface area contributed by atoms with Gasteiger partial charge in [-0.2, -0.15) is 5.26 Å². The molecule has 7 nitrogen and oxygen atoms in total. The van der Waals surface area contributed by atoms with Crippen molar-refractivity contribution < 1.29 is 5.11 Å². The number of hydrogen-bond acceptors (Lipinski definition) is 4. The highest BCUT2D eigenvalue weighted by molar-refractivity contribution is 6.12. The van der Waals surface area contributed by atoms with Crippen LogP contribution >= 0.6 is 0 Å². The monoisotopic (exact) mass is 371 g/mol. The average molecular weight is 371 g/mol. The van der Waals surface area contributed by atoms with Gasteiger partial charge in [-0.15, -0.1) is 0 Å². The average Bonchev–Trinajstić information content (AvgIpc) is 2.72. The topological polar surface area (TPSA) is 105 Å². The third-order valence-electron chi connectivity index (χ3n) is 5.02.